The van der Waals surface area contributed by atoms with E-state index in [4.69, 9.17) is 0 Å². The summed E-state index contributed by atoms with van der Waals surface area (Å²) in [5, 5.41) is 41.7. The molecule has 0 saturated heterocycles. The van der Waals surface area contributed by atoms with Gasteiger partial charge in [0.2, 0.25) is 0 Å². The van der Waals surface area contributed by atoms with Crippen LogP contribution in [0.3, 0.4) is 0 Å². The van der Waals surface area contributed by atoms with Crippen molar-refractivity contribution >= 4 is 0 Å². The maximum atomic E-state index is 10.4. The molecule has 0 fully saturated rings. The summed E-state index contributed by atoms with van der Waals surface area (Å²) in [4.78, 5) is 0. The highest BCUT2D eigenvalue weighted by Gasteiger charge is 2.13. The minimum atomic E-state index is 0.203. The van der Waals surface area contributed by atoms with Gasteiger partial charge in [-0.2, -0.15) is 0 Å². The van der Waals surface area contributed by atoms with Gasteiger partial charge in [0.1, 0.15) is 23.0 Å². The Morgan fingerprint density at radius 2 is 0.594 bits per heavy atom. The zero-order chi connectivity index (χ0) is 22.2. The molecule has 0 aliphatic heterocycles. The normalized spacial score (nSPS) is 13.0. The lowest BCUT2D eigenvalue weighted by molar-refractivity contribution is 0.462. The lowest BCUT2D eigenvalue weighted by atomic mass is 9.93. The standard InChI is InChI=1S/C28H24O4/c29-25-5-1-17-9-18-2-6-26(30)22(12-18)16-24-14-20(4-8-28(24)32)10-19-3-7-27(31)23(13-19)15-21(25)11-17/h1-8,11-14,29-32H,9-10,15-16H2. The van der Waals surface area contributed by atoms with E-state index in [-0.39, 0.29) is 23.0 Å². The third kappa shape index (κ3) is 4.00. The molecule has 0 saturated carbocycles. The monoisotopic (exact) mass is 424 g/mol. The molecule has 0 heterocycles. The quantitative estimate of drug-likeness (QED) is 0.276. The molecule has 32 heavy (non-hydrogen) atoms. The highest BCUT2D eigenvalue weighted by molar-refractivity contribution is 5.49. The van der Waals surface area contributed by atoms with Gasteiger partial charge in [-0.1, -0.05) is 48.5 Å². The van der Waals surface area contributed by atoms with E-state index in [1.54, 1.807) is 24.3 Å². The van der Waals surface area contributed by atoms with Crippen LogP contribution in [0.2, 0.25) is 0 Å². The summed E-state index contributed by atoms with van der Waals surface area (Å²) in [7, 11) is 0. The predicted molar refractivity (Wildman–Crippen MR) is 124 cm³/mol. The molecule has 0 unspecified atom stereocenters. The Balaban J connectivity index is 1.67. The second kappa shape index (κ2) is 7.97. The maximum Gasteiger partial charge on any atom is 0.119 e. The van der Waals surface area contributed by atoms with Crippen molar-refractivity contribution in [2.75, 3.05) is 0 Å². The van der Waals surface area contributed by atoms with Gasteiger partial charge in [-0.3, -0.25) is 0 Å². The van der Waals surface area contributed by atoms with E-state index in [9.17, 15) is 20.4 Å². The molecule has 0 spiro atoms. The van der Waals surface area contributed by atoms with E-state index in [1.807, 2.05) is 48.5 Å². The summed E-state index contributed by atoms with van der Waals surface area (Å²) in [6, 6.07) is 22.2. The fourth-order valence-electron chi connectivity index (χ4n) is 4.44. The molecule has 8 bridgehead atoms. The molecule has 160 valence electrons. The van der Waals surface area contributed by atoms with Crippen LogP contribution < -0.4 is 0 Å². The van der Waals surface area contributed by atoms with Gasteiger partial charge in [0, 0.05) is 12.8 Å². The molecule has 0 amide bonds. The third-order valence-corrected chi connectivity index (χ3v) is 6.15. The number of phenols is 4. The highest BCUT2D eigenvalue weighted by Crippen LogP contribution is 2.31. The summed E-state index contributed by atoms with van der Waals surface area (Å²) in [5.41, 5.74) is 7.15. The van der Waals surface area contributed by atoms with Gasteiger partial charge in [0.05, 0.1) is 0 Å². The van der Waals surface area contributed by atoms with Crippen LogP contribution in [0.5, 0.6) is 23.0 Å². The van der Waals surface area contributed by atoms with Gasteiger partial charge in [0.15, 0.2) is 0 Å². The van der Waals surface area contributed by atoms with Crippen molar-refractivity contribution in [2.45, 2.75) is 25.7 Å². The van der Waals surface area contributed by atoms with Crippen LogP contribution >= 0.6 is 0 Å². The average molecular weight is 424 g/mol. The van der Waals surface area contributed by atoms with E-state index in [0.717, 1.165) is 44.5 Å². The Labute approximate surface area is 186 Å². The van der Waals surface area contributed by atoms with Crippen molar-refractivity contribution in [3.63, 3.8) is 0 Å². The Morgan fingerprint density at radius 3 is 0.844 bits per heavy atom. The average Bonchev–Trinajstić information content (AvgIpc) is 2.77. The van der Waals surface area contributed by atoms with Crippen molar-refractivity contribution in [3.05, 3.63) is 117 Å². The number of benzene rings is 4. The second-order valence-electron chi connectivity index (χ2n) is 8.56. The largest absolute Gasteiger partial charge is 0.508 e. The zero-order valence-electron chi connectivity index (χ0n) is 17.5. The lowest BCUT2D eigenvalue weighted by Crippen LogP contribution is -1.99. The van der Waals surface area contributed by atoms with Crippen molar-refractivity contribution in [2.24, 2.45) is 0 Å². The molecular weight excluding hydrogens is 400 g/mol. The first-order chi connectivity index (χ1) is 15.4. The summed E-state index contributed by atoms with van der Waals surface area (Å²) in [5.74, 6) is 0.812. The minimum Gasteiger partial charge on any atom is -0.508 e. The smallest absolute Gasteiger partial charge is 0.119 e. The number of aromatic hydroxyl groups is 4. The summed E-state index contributed by atoms with van der Waals surface area (Å²) < 4.78 is 0. The number of hydrogen-bond donors (Lipinski definition) is 4. The first-order valence-corrected chi connectivity index (χ1v) is 10.7. The highest BCUT2D eigenvalue weighted by atomic mass is 16.3. The fraction of sp³-hybridized carbons (Fsp3) is 0.143. The van der Waals surface area contributed by atoms with E-state index in [1.165, 1.54) is 0 Å². The van der Waals surface area contributed by atoms with Crippen LogP contribution in [0.15, 0.2) is 72.8 Å². The molecule has 4 N–H and O–H groups in total. The zero-order valence-corrected chi connectivity index (χ0v) is 17.5. The molecule has 1 aliphatic rings. The number of rotatable bonds is 0. The minimum absolute atomic E-state index is 0.203. The third-order valence-electron chi connectivity index (χ3n) is 6.15. The van der Waals surface area contributed by atoms with Crippen LogP contribution in [0.25, 0.3) is 0 Å². The summed E-state index contributed by atoms with van der Waals surface area (Å²) in [6.45, 7) is 0. The van der Waals surface area contributed by atoms with E-state index >= 15 is 0 Å². The van der Waals surface area contributed by atoms with Crippen LogP contribution in [0.1, 0.15) is 44.5 Å². The van der Waals surface area contributed by atoms with Crippen molar-refractivity contribution in [1.29, 1.82) is 0 Å². The van der Waals surface area contributed by atoms with Crippen LogP contribution in [-0.2, 0) is 25.7 Å². The van der Waals surface area contributed by atoms with E-state index < -0.39 is 0 Å². The molecule has 0 atom stereocenters. The van der Waals surface area contributed by atoms with Gasteiger partial charge in [-0.15, -0.1) is 0 Å². The maximum absolute atomic E-state index is 10.4. The van der Waals surface area contributed by atoms with Gasteiger partial charge < -0.3 is 20.4 Å². The molecule has 0 radical (unpaired) electrons. The Morgan fingerprint density at radius 1 is 0.344 bits per heavy atom. The summed E-state index contributed by atoms with van der Waals surface area (Å²) in [6.07, 6.45) is 2.11. The van der Waals surface area contributed by atoms with Crippen LogP contribution in [0.4, 0.5) is 0 Å². The molecular formula is C28H24O4. The molecule has 4 heteroatoms. The predicted octanol–water partition coefficient (Wildman–Crippen LogP) is 5.19. The van der Waals surface area contributed by atoms with Crippen molar-refractivity contribution in [3.8, 4) is 23.0 Å². The SMILES string of the molecule is Oc1ccc2cc1Cc1cc(ccc1O)Cc1ccc(O)c(c1)Cc1cc(ccc1O)C2. The molecule has 4 aromatic carbocycles. The number of hydrogen-bond acceptors (Lipinski definition) is 4. The van der Waals surface area contributed by atoms with Crippen molar-refractivity contribution in [1.82, 2.24) is 0 Å². The Hall–Kier alpha value is -3.92. The topological polar surface area (TPSA) is 80.9 Å². The number of phenolic OH excluding ortho intramolecular Hbond substituents is 4. The van der Waals surface area contributed by atoms with Crippen LogP contribution in [-0.4, -0.2) is 20.4 Å². The summed E-state index contributed by atoms with van der Waals surface area (Å²) >= 11 is 0. The lowest BCUT2D eigenvalue weighted by Gasteiger charge is -2.14. The van der Waals surface area contributed by atoms with Crippen molar-refractivity contribution < 1.29 is 20.4 Å². The first kappa shape index (κ1) is 20.0. The van der Waals surface area contributed by atoms with E-state index in [2.05, 4.69) is 0 Å². The fourth-order valence-corrected chi connectivity index (χ4v) is 4.44. The molecule has 4 aromatic rings. The molecule has 0 aromatic heterocycles. The van der Waals surface area contributed by atoms with E-state index in [0.29, 0.717) is 25.7 Å². The Kier molecular flexibility index (Phi) is 4.98. The molecule has 1 aliphatic carbocycles. The molecule has 4 nitrogen and oxygen atoms in total. The first-order valence-electron chi connectivity index (χ1n) is 10.7. The van der Waals surface area contributed by atoms with Crippen LogP contribution in [0, 0.1) is 0 Å². The number of fused-ring (bicyclic) bond motifs is 8. The van der Waals surface area contributed by atoms with Gasteiger partial charge >= 0.3 is 0 Å². The second-order valence-corrected chi connectivity index (χ2v) is 8.56. The van der Waals surface area contributed by atoms with Gasteiger partial charge in [-0.05, 0) is 81.6 Å². The molecule has 5 rings (SSSR count). The van der Waals surface area contributed by atoms with Gasteiger partial charge in [0.25, 0.3) is 0 Å². The van der Waals surface area contributed by atoms with Gasteiger partial charge in [-0.25, -0.2) is 0 Å². The Bertz CT molecular complexity index is 1120.